The maximum absolute atomic E-state index is 11.4. The zero-order valence-electron chi connectivity index (χ0n) is 10.1. The van der Waals surface area contributed by atoms with Crippen LogP contribution in [-0.2, 0) is 9.47 Å². The average molecular weight is 246 g/mol. The van der Waals surface area contributed by atoms with Crippen molar-refractivity contribution in [2.24, 2.45) is 0 Å². The number of methoxy groups -OCH3 is 1. The van der Waals surface area contributed by atoms with Gasteiger partial charge in [-0.25, -0.2) is 9.78 Å². The van der Waals surface area contributed by atoms with Crippen LogP contribution in [0.15, 0.2) is 24.5 Å². The second-order valence-electron chi connectivity index (χ2n) is 4.34. The molecule has 18 heavy (non-hydrogen) atoms. The third-order valence-corrected chi connectivity index (χ3v) is 3.15. The Morgan fingerprint density at radius 2 is 2.39 bits per heavy atom. The Hall–Kier alpha value is -1.88. The topological polar surface area (TPSA) is 52.8 Å². The molecule has 1 fully saturated rings. The molecule has 1 aliphatic heterocycles. The fraction of sp³-hybridized carbons (Fsp3) is 0.385. The molecule has 0 spiro atoms. The van der Waals surface area contributed by atoms with Crippen molar-refractivity contribution in [2.45, 2.75) is 18.9 Å². The van der Waals surface area contributed by atoms with Crippen LogP contribution in [0.3, 0.4) is 0 Å². The van der Waals surface area contributed by atoms with Crippen LogP contribution in [0.2, 0.25) is 0 Å². The molecule has 0 aromatic carbocycles. The Kier molecular flexibility index (Phi) is 2.76. The first-order chi connectivity index (χ1) is 8.78. The summed E-state index contributed by atoms with van der Waals surface area (Å²) in [5.41, 5.74) is 2.25. The van der Waals surface area contributed by atoms with E-state index in [1.54, 1.807) is 12.3 Å². The zero-order valence-corrected chi connectivity index (χ0v) is 10.1. The number of rotatable bonds is 2. The van der Waals surface area contributed by atoms with Crippen LogP contribution in [-0.4, -0.2) is 29.1 Å². The molecule has 1 aliphatic rings. The predicted molar refractivity (Wildman–Crippen MR) is 64.5 cm³/mol. The number of hydrogen-bond donors (Lipinski definition) is 0. The first-order valence-electron chi connectivity index (χ1n) is 5.96. The van der Waals surface area contributed by atoms with Crippen LogP contribution in [0, 0.1) is 0 Å². The van der Waals surface area contributed by atoms with Gasteiger partial charge >= 0.3 is 5.97 Å². The molecule has 5 nitrogen and oxygen atoms in total. The van der Waals surface area contributed by atoms with Crippen LogP contribution in [0.1, 0.15) is 35.0 Å². The Morgan fingerprint density at radius 3 is 3.11 bits per heavy atom. The van der Waals surface area contributed by atoms with Gasteiger partial charge in [0.25, 0.3) is 0 Å². The SMILES string of the molecule is COC(=O)c1ccc2nc(C3CCCO3)cn2c1. The largest absolute Gasteiger partial charge is 0.465 e. The van der Waals surface area contributed by atoms with Gasteiger partial charge in [-0.2, -0.15) is 0 Å². The lowest BCUT2D eigenvalue weighted by atomic mass is 10.2. The lowest BCUT2D eigenvalue weighted by Gasteiger charge is -2.03. The molecule has 2 aromatic rings. The van der Waals surface area contributed by atoms with Crippen molar-refractivity contribution < 1.29 is 14.3 Å². The quantitative estimate of drug-likeness (QED) is 0.760. The number of hydrogen-bond acceptors (Lipinski definition) is 4. The maximum atomic E-state index is 11.4. The van der Waals surface area contributed by atoms with Crippen molar-refractivity contribution in [2.75, 3.05) is 13.7 Å². The van der Waals surface area contributed by atoms with Gasteiger partial charge in [0.05, 0.1) is 18.4 Å². The molecule has 0 N–H and O–H groups in total. The molecule has 1 unspecified atom stereocenters. The number of pyridine rings is 1. The fourth-order valence-corrected chi connectivity index (χ4v) is 2.22. The summed E-state index contributed by atoms with van der Waals surface area (Å²) in [7, 11) is 1.37. The highest BCUT2D eigenvalue weighted by atomic mass is 16.5. The van der Waals surface area contributed by atoms with E-state index in [1.807, 2.05) is 16.7 Å². The summed E-state index contributed by atoms with van der Waals surface area (Å²) in [6.45, 7) is 0.798. The average Bonchev–Trinajstić information content (AvgIpc) is 3.04. The van der Waals surface area contributed by atoms with E-state index in [9.17, 15) is 4.79 Å². The normalized spacial score (nSPS) is 19.3. The molecule has 1 saturated heterocycles. The summed E-state index contributed by atoms with van der Waals surface area (Å²) < 4.78 is 12.1. The highest BCUT2D eigenvalue weighted by Crippen LogP contribution is 2.27. The van der Waals surface area contributed by atoms with E-state index >= 15 is 0 Å². The second kappa shape index (κ2) is 4.42. The summed E-state index contributed by atoms with van der Waals surface area (Å²) in [6.07, 6.45) is 5.82. The summed E-state index contributed by atoms with van der Waals surface area (Å²) in [4.78, 5) is 15.9. The monoisotopic (exact) mass is 246 g/mol. The van der Waals surface area contributed by atoms with E-state index < -0.39 is 0 Å². The van der Waals surface area contributed by atoms with Crippen LogP contribution in [0.4, 0.5) is 0 Å². The molecule has 1 atom stereocenters. The van der Waals surface area contributed by atoms with E-state index in [0.717, 1.165) is 30.8 Å². The highest BCUT2D eigenvalue weighted by molar-refractivity contribution is 5.89. The fourth-order valence-electron chi connectivity index (χ4n) is 2.22. The van der Waals surface area contributed by atoms with Gasteiger partial charge in [-0.1, -0.05) is 0 Å². The molecule has 3 rings (SSSR count). The highest BCUT2D eigenvalue weighted by Gasteiger charge is 2.20. The number of imidazole rings is 1. The first-order valence-corrected chi connectivity index (χ1v) is 5.96. The Labute approximate surface area is 104 Å². The lowest BCUT2D eigenvalue weighted by Crippen LogP contribution is -2.02. The van der Waals surface area contributed by atoms with E-state index in [4.69, 9.17) is 9.47 Å². The van der Waals surface area contributed by atoms with Gasteiger partial charge in [0.2, 0.25) is 0 Å². The lowest BCUT2D eigenvalue weighted by molar-refractivity contribution is 0.0600. The second-order valence-corrected chi connectivity index (χ2v) is 4.34. The van der Waals surface area contributed by atoms with Crippen molar-refractivity contribution in [3.8, 4) is 0 Å². The first kappa shape index (κ1) is 11.2. The van der Waals surface area contributed by atoms with Gasteiger partial charge in [0, 0.05) is 19.0 Å². The standard InChI is InChI=1S/C13H14N2O3/c1-17-13(16)9-4-5-12-14-10(8-15(12)7-9)11-3-2-6-18-11/h4-5,7-8,11H,2-3,6H2,1H3. The maximum Gasteiger partial charge on any atom is 0.339 e. The molecular weight excluding hydrogens is 232 g/mol. The summed E-state index contributed by atoms with van der Waals surface area (Å²) in [6, 6.07) is 3.53. The van der Waals surface area contributed by atoms with Gasteiger partial charge in [-0.3, -0.25) is 0 Å². The minimum Gasteiger partial charge on any atom is -0.465 e. The smallest absolute Gasteiger partial charge is 0.339 e. The van der Waals surface area contributed by atoms with Crippen LogP contribution in [0.25, 0.3) is 5.65 Å². The number of carbonyl (C=O) groups is 1. The number of ether oxygens (including phenoxy) is 2. The number of aromatic nitrogens is 2. The van der Waals surface area contributed by atoms with E-state index in [1.165, 1.54) is 7.11 Å². The minimum atomic E-state index is -0.343. The van der Waals surface area contributed by atoms with Gasteiger partial charge < -0.3 is 13.9 Å². The molecule has 0 bridgehead atoms. The molecule has 94 valence electrons. The van der Waals surface area contributed by atoms with Gasteiger partial charge in [-0.15, -0.1) is 0 Å². The Balaban J connectivity index is 1.98. The Morgan fingerprint density at radius 1 is 1.50 bits per heavy atom. The van der Waals surface area contributed by atoms with Gasteiger partial charge in [-0.05, 0) is 25.0 Å². The van der Waals surface area contributed by atoms with Crippen molar-refractivity contribution in [1.29, 1.82) is 0 Å². The van der Waals surface area contributed by atoms with Crippen molar-refractivity contribution in [1.82, 2.24) is 9.38 Å². The molecule has 0 radical (unpaired) electrons. The molecule has 0 amide bonds. The minimum absolute atomic E-state index is 0.0893. The number of carbonyl (C=O) groups excluding carboxylic acids is 1. The van der Waals surface area contributed by atoms with Crippen LogP contribution < -0.4 is 0 Å². The number of nitrogens with zero attached hydrogens (tertiary/aromatic N) is 2. The molecule has 5 heteroatoms. The summed E-state index contributed by atoms with van der Waals surface area (Å²) in [5.74, 6) is -0.343. The van der Waals surface area contributed by atoms with Crippen molar-refractivity contribution in [3.63, 3.8) is 0 Å². The molecule has 2 aromatic heterocycles. The predicted octanol–water partition coefficient (Wildman–Crippen LogP) is 1.97. The number of esters is 1. The Bertz CT molecular complexity index is 585. The third-order valence-electron chi connectivity index (χ3n) is 3.15. The summed E-state index contributed by atoms with van der Waals surface area (Å²) >= 11 is 0. The molecular formula is C13H14N2O3. The molecule has 0 aliphatic carbocycles. The zero-order chi connectivity index (χ0) is 12.5. The van der Waals surface area contributed by atoms with Crippen LogP contribution in [0.5, 0.6) is 0 Å². The summed E-state index contributed by atoms with van der Waals surface area (Å²) in [5, 5.41) is 0. The van der Waals surface area contributed by atoms with Gasteiger partial charge in [0.15, 0.2) is 0 Å². The van der Waals surface area contributed by atoms with E-state index in [-0.39, 0.29) is 12.1 Å². The van der Waals surface area contributed by atoms with E-state index in [0.29, 0.717) is 5.56 Å². The van der Waals surface area contributed by atoms with Gasteiger partial charge in [0.1, 0.15) is 11.8 Å². The van der Waals surface area contributed by atoms with Crippen molar-refractivity contribution in [3.05, 3.63) is 35.8 Å². The number of fused-ring (bicyclic) bond motifs is 1. The molecule has 3 heterocycles. The van der Waals surface area contributed by atoms with Crippen LogP contribution >= 0.6 is 0 Å². The van der Waals surface area contributed by atoms with E-state index in [2.05, 4.69) is 4.98 Å². The van der Waals surface area contributed by atoms with Crippen molar-refractivity contribution >= 4 is 11.6 Å². The molecule has 0 saturated carbocycles. The third kappa shape index (κ3) is 1.86.